The zero-order valence-electron chi connectivity index (χ0n) is 12.6. The summed E-state index contributed by atoms with van der Waals surface area (Å²) in [6.07, 6.45) is 3.94. The fourth-order valence-corrected chi connectivity index (χ4v) is 2.56. The van der Waals surface area contributed by atoms with Gasteiger partial charge in [-0.15, -0.1) is 0 Å². The van der Waals surface area contributed by atoms with Gasteiger partial charge in [0, 0.05) is 24.8 Å². The van der Waals surface area contributed by atoms with E-state index in [0.29, 0.717) is 6.10 Å². The standard InChI is InChI=1S/C16H25NO3/c1-12(17-11-14-6-4-5-9-20-14)15-10-13(18-2)7-8-16(15)19-3/h7-8,10,12,14,17H,4-6,9,11H2,1-3H3. The number of ether oxygens (including phenoxy) is 3. The van der Waals surface area contributed by atoms with Crippen molar-refractivity contribution in [3.05, 3.63) is 23.8 Å². The summed E-state index contributed by atoms with van der Waals surface area (Å²) in [6, 6.07) is 6.09. The molecule has 4 nitrogen and oxygen atoms in total. The Labute approximate surface area is 121 Å². The third-order valence-corrected chi connectivity index (χ3v) is 3.83. The van der Waals surface area contributed by atoms with E-state index >= 15 is 0 Å². The lowest BCUT2D eigenvalue weighted by atomic mass is 10.1. The van der Waals surface area contributed by atoms with E-state index in [1.54, 1.807) is 14.2 Å². The molecule has 2 unspecified atom stereocenters. The summed E-state index contributed by atoms with van der Waals surface area (Å²) in [5.74, 6) is 1.73. The highest BCUT2D eigenvalue weighted by atomic mass is 16.5. The molecule has 0 radical (unpaired) electrons. The quantitative estimate of drug-likeness (QED) is 0.869. The summed E-state index contributed by atoms with van der Waals surface area (Å²) < 4.78 is 16.5. The number of hydrogen-bond acceptors (Lipinski definition) is 4. The van der Waals surface area contributed by atoms with Crippen molar-refractivity contribution < 1.29 is 14.2 Å². The van der Waals surface area contributed by atoms with Crippen LogP contribution in [-0.2, 0) is 4.74 Å². The first-order chi connectivity index (χ1) is 9.74. The topological polar surface area (TPSA) is 39.7 Å². The molecule has 1 heterocycles. The lowest BCUT2D eigenvalue weighted by Crippen LogP contribution is -2.33. The summed E-state index contributed by atoms with van der Waals surface area (Å²) in [6.45, 7) is 3.91. The summed E-state index contributed by atoms with van der Waals surface area (Å²) in [5.41, 5.74) is 1.11. The second-order valence-electron chi connectivity index (χ2n) is 5.23. The third kappa shape index (κ3) is 3.87. The molecular formula is C16H25NO3. The van der Waals surface area contributed by atoms with Crippen molar-refractivity contribution >= 4 is 0 Å². The Morgan fingerprint density at radius 2 is 2.15 bits per heavy atom. The van der Waals surface area contributed by atoms with Crippen LogP contribution in [0.5, 0.6) is 11.5 Å². The second kappa shape index (κ2) is 7.50. The maximum absolute atomic E-state index is 5.75. The SMILES string of the molecule is COc1ccc(OC)c(C(C)NCC2CCCCO2)c1. The smallest absolute Gasteiger partial charge is 0.123 e. The fourth-order valence-electron chi connectivity index (χ4n) is 2.56. The fraction of sp³-hybridized carbons (Fsp3) is 0.625. The van der Waals surface area contributed by atoms with Crippen LogP contribution >= 0.6 is 0 Å². The van der Waals surface area contributed by atoms with Gasteiger partial charge in [0.05, 0.1) is 20.3 Å². The van der Waals surface area contributed by atoms with Gasteiger partial charge in [0.2, 0.25) is 0 Å². The van der Waals surface area contributed by atoms with Crippen LogP contribution in [0.25, 0.3) is 0 Å². The molecule has 2 rings (SSSR count). The minimum atomic E-state index is 0.200. The van der Waals surface area contributed by atoms with Crippen LogP contribution in [-0.4, -0.2) is 33.5 Å². The maximum Gasteiger partial charge on any atom is 0.123 e. The molecule has 0 saturated carbocycles. The highest BCUT2D eigenvalue weighted by Crippen LogP contribution is 2.29. The largest absolute Gasteiger partial charge is 0.497 e. The lowest BCUT2D eigenvalue weighted by molar-refractivity contribution is 0.0156. The molecule has 1 aromatic rings. The van der Waals surface area contributed by atoms with Gasteiger partial charge < -0.3 is 19.5 Å². The molecule has 0 spiro atoms. The summed E-state index contributed by atoms with van der Waals surface area (Å²) in [7, 11) is 3.38. The molecule has 112 valence electrons. The van der Waals surface area contributed by atoms with Crippen LogP contribution in [0.1, 0.15) is 37.8 Å². The van der Waals surface area contributed by atoms with Gasteiger partial charge in [-0.3, -0.25) is 0 Å². The highest BCUT2D eigenvalue weighted by Gasteiger charge is 2.17. The van der Waals surface area contributed by atoms with E-state index in [4.69, 9.17) is 14.2 Å². The third-order valence-electron chi connectivity index (χ3n) is 3.83. The first-order valence-electron chi connectivity index (χ1n) is 7.31. The Morgan fingerprint density at radius 1 is 1.30 bits per heavy atom. The van der Waals surface area contributed by atoms with Crippen LogP contribution < -0.4 is 14.8 Å². The molecule has 1 aliphatic rings. The molecule has 1 fully saturated rings. The number of rotatable bonds is 6. The van der Waals surface area contributed by atoms with Gasteiger partial charge in [-0.2, -0.15) is 0 Å². The molecule has 0 bridgehead atoms. The number of nitrogens with one attached hydrogen (secondary N) is 1. The van der Waals surface area contributed by atoms with E-state index < -0.39 is 0 Å². The second-order valence-corrected chi connectivity index (χ2v) is 5.23. The van der Waals surface area contributed by atoms with Gasteiger partial charge in [-0.1, -0.05) is 0 Å². The van der Waals surface area contributed by atoms with Crippen molar-refractivity contribution in [3.8, 4) is 11.5 Å². The summed E-state index contributed by atoms with van der Waals surface area (Å²) in [4.78, 5) is 0. The van der Waals surface area contributed by atoms with E-state index in [1.807, 2.05) is 18.2 Å². The molecule has 0 amide bonds. The normalized spacial score (nSPS) is 20.4. The van der Waals surface area contributed by atoms with E-state index in [9.17, 15) is 0 Å². The lowest BCUT2D eigenvalue weighted by Gasteiger charge is -2.25. The molecule has 4 heteroatoms. The van der Waals surface area contributed by atoms with Gasteiger partial charge in [0.1, 0.15) is 11.5 Å². The molecular weight excluding hydrogens is 254 g/mol. The summed E-state index contributed by atoms with van der Waals surface area (Å²) >= 11 is 0. The predicted octanol–water partition coefficient (Wildman–Crippen LogP) is 2.92. The molecule has 0 aliphatic carbocycles. The molecule has 2 atom stereocenters. The van der Waals surface area contributed by atoms with E-state index in [1.165, 1.54) is 12.8 Å². The predicted molar refractivity (Wildman–Crippen MR) is 79.6 cm³/mol. The molecule has 1 aliphatic heterocycles. The average molecular weight is 279 g/mol. The van der Waals surface area contributed by atoms with Crippen molar-refractivity contribution in [2.75, 3.05) is 27.4 Å². The zero-order chi connectivity index (χ0) is 14.4. The minimum Gasteiger partial charge on any atom is -0.497 e. The van der Waals surface area contributed by atoms with Crippen molar-refractivity contribution in [1.82, 2.24) is 5.32 Å². The maximum atomic E-state index is 5.75. The van der Waals surface area contributed by atoms with Crippen LogP contribution in [0, 0.1) is 0 Å². The number of hydrogen-bond donors (Lipinski definition) is 1. The van der Waals surface area contributed by atoms with E-state index in [0.717, 1.165) is 36.6 Å². The number of benzene rings is 1. The molecule has 1 saturated heterocycles. The van der Waals surface area contributed by atoms with Crippen molar-refractivity contribution in [2.24, 2.45) is 0 Å². The van der Waals surface area contributed by atoms with Gasteiger partial charge in [0.25, 0.3) is 0 Å². The van der Waals surface area contributed by atoms with E-state index in [2.05, 4.69) is 12.2 Å². The average Bonchev–Trinajstić information content (AvgIpc) is 2.52. The Hall–Kier alpha value is -1.26. The molecule has 20 heavy (non-hydrogen) atoms. The van der Waals surface area contributed by atoms with Gasteiger partial charge >= 0.3 is 0 Å². The van der Waals surface area contributed by atoms with Gasteiger partial charge in [-0.05, 0) is 44.4 Å². The monoisotopic (exact) mass is 279 g/mol. The van der Waals surface area contributed by atoms with Crippen LogP contribution in [0.15, 0.2) is 18.2 Å². The van der Waals surface area contributed by atoms with Gasteiger partial charge in [0.15, 0.2) is 0 Å². The Morgan fingerprint density at radius 3 is 2.80 bits per heavy atom. The zero-order valence-corrected chi connectivity index (χ0v) is 12.6. The van der Waals surface area contributed by atoms with Gasteiger partial charge in [-0.25, -0.2) is 0 Å². The van der Waals surface area contributed by atoms with Crippen molar-refractivity contribution in [1.29, 1.82) is 0 Å². The van der Waals surface area contributed by atoms with Crippen LogP contribution in [0.3, 0.4) is 0 Å². The first-order valence-corrected chi connectivity index (χ1v) is 7.31. The minimum absolute atomic E-state index is 0.200. The number of methoxy groups -OCH3 is 2. The van der Waals surface area contributed by atoms with Crippen molar-refractivity contribution in [3.63, 3.8) is 0 Å². The van der Waals surface area contributed by atoms with Crippen molar-refractivity contribution in [2.45, 2.75) is 38.3 Å². The summed E-state index contributed by atoms with van der Waals surface area (Å²) in [5, 5.41) is 3.53. The first kappa shape index (κ1) is 15.1. The van der Waals surface area contributed by atoms with Crippen LogP contribution in [0.4, 0.5) is 0 Å². The highest BCUT2D eigenvalue weighted by molar-refractivity contribution is 5.42. The Kier molecular flexibility index (Phi) is 5.68. The molecule has 1 N–H and O–H groups in total. The van der Waals surface area contributed by atoms with Crippen LogP contribution in [0.2, 0.25) is 0 Å². The molecule has 1 aromatic carbocycles. The Bertz CT molecular complexity index is 416. The molecule has 0 aromatic heterocycles. The van der Waals surface area contributed by atoms with E-state index in [-0.39, 0.29) is 6.04 Å². The Balaban J connectivity index is 1.98.